The fourth-order valence-corrected chi connectivity index (χ4v) is 3.48. The second-order valence-corrected chi connectivity index (χ2v) is 7.73. The van der Waals surface area contributed by atoms with E-state index in [0.717, 1.165) is 5.75 Å². The van der Waals surface area contributed by atoms with Gasteiger partial charge >= 0.3 is 0 Å². The van der Waals surface area contributed by atoms with Crippen molar-refractivity contribution < 1.29 is 22.7 Å². The molecule has 24 heavy (non-hydrogen) atoms. The molecular weight excluding hydrogens is 332 g/mol. The van der Waals surface area contributed by atoms with Gasteiger partial charge in [0.25, 0.3) is 0 Å². The van der Waals surface area contributed by atoms with Crippen LogP contribution >= 0.6 is 0 Å². The molecule has 1 amide bonds. The van der Waals surface area contributed by atoms with Crippen LogP contribution in [-0.2, 0) is 14.8 Å². The van der Waals surface area contributed by atoms with E-state index in [2.05, 4.69) is 5.32 Å². The summed E-state index contributed by atoms with van der Waals surface area (Å²) < 4.78 is 34.9. The number of sulfonamides is 1. The Balaban J connectivity index is 1.66. The third-order valence-electron chi connectivity index (χ3n) is 4.02. The number of carbonyl (C=O) groups excluding carboxylic acids is 1. The summed E-state index contributed by atoms with van der Waals surface area (Å²) in [4.78, 5) is 12.1. The lowest BCUT2D eigenvalue weighted by atomic mass is 9.97. The number of rotatable bonds is 7. The molecule has 1 fully saturated rings. The number of nitrogens with one attached hydrogen (secondary N) is 1. The van der Waals surface area contributed by atoms with Gasteiger partial charge in [-0.05, 0) is 37.1 Å². The summed E-state index contributed by atoms with van der Waals surface area (Å²) >= 11 is 0. The standard InChI is InChI=1S/C16H24N2O5S/c1-22-14-3-5-15(6-4-14)23-12-9-17-16(19)13-7-10-18(11-8-13)24(2,20)21/h3-6,13H,7-12H2,1-2H3,(H,17,19). The van der Waals surface area contributed by atoms with Crippen molar-refractivity contribution in [2.45, 2.75) is 12.8 Å². The molecule has 7 nitrogen and oxygen atoms in total. The van der Waals surface area contributed by atoms with E-state index in [-0.39, 0.29) is 11.8 Å². The van der Waals surface area contributed by atoms with Crippen molar-refractivity contribution >= 4 is 15.9 Å². The van der Waals surface area contributed by atoms with E-state index >= 15 is 0 Å². The Morgan fingerprint density at radius 3 is 2.33 bits per heavy atom. The third-order valence-corrected chi connectivity index (χ3v) is 5.33. The topological polar surface area (TPSA) is 84.9 Å². The first-order valence-corrected chi connectivity index (χ1v) is 9.74. The summed E-state index contributed by atoms with van der Waals surface area (Å²) in [5.41, 5.74) is 0. The monoisotopic (exact) mass is 356 g/mol. The number of hydrogen-bond donors (Lipinski definition) is 1. The Morgan fingerprint density at radius 1 is 1.21 bits per heavy atom. The zero-order chi connectivity index (χ0) is 17.6. The highest BCUT2D eigenvalue weighted by atomic mass is 32.2. The number of piperidine rings is 1. The minimum Gasteiger partial charge on any atom is -0.497 e. The summed E-state index contributed by atoms with van der Waals surface area (Å²) in [7, 11) is -1.56. The van der Waals surface area contributed by atoms with Gasteiger partial charge in [-0.2, -0.15) is 0 Å². The number of carbonyl (C=O) groups is 1. The van der Waals surface area contributed by atoms with Gasteiger partial charge in [0.2, 0.25) is 15.9 Å². The van der Waals surface area contributed by atoms with Crippen molar-refractivity contribution in [1.29, 1.82) is 0 Å². The van der Waals surface area contributed by atoms with Crippen molar-refractivity contribution in [2.75, 3.05) is 39.6 Å². The normalized spacial score (nSPS) is 16.6. The highest BCUT2D eigenvalue weighted by Gasteiger charge is 2.28. The Kier molecular flexibility index (Phi) is 6.44. The van der Waals surface area contributed by atoms with Crippen LogP contribution in [0.5, 0.6) is 11.5 Å². The second-order valence-electron chi connectivity index (χ2n) is 5.75. The maximum absolute atomic E-state index is 12.1. The van der Waals surface area contributed by atoms with Gasteiger partial charge in [-0.15, -0.1) is 0 Å². The maximum atomic E-state index is 12.1. The van der Waals surface area contributed by atoms with Gasteiger partial charge in [0.1, 0.15) is 18.1 Å². The molecule has 0 saturated carbocycles. The van der Waals surface area contributed by atoms with Gasteiger partial charge in [0.15, 0.2) is 0 Å². The van der Waals surface area contributed by atoms with Crippen LogP contribution in [0.2, 0.25) is 0 Å². The van der Waals surface area contributed by atoms with Crippen LogP contribution in [-0.4, -0.2) is 58.2 Å². The lowest BCUT2D eigenvalue weighted by molar-refractivity contribution is -0.126. The summed E-state index contributed by atoms with van der Waals surface area (Å²) in [6.07, 6.45) is 2.31. The first kappa shape index (κ1) is 18.5. The van der Waals surface area contributed by atoms with Gasteiger partial charge < -0.3 is 14.8 Å². The molecule has 2 rings (SSSR count). The zero-order valence-electron chi connectivity index (χ0n) is 14.0. The SMILES string of the molecule is COc1ccc(OCCNC(=O)C2CCN(S(C)(=O)=O)CC2)cc1. The fraction of sp³-hybridized carbons (Fsp3) is 0.562. The first-order valence-electron chi connectivity index (χ1n) is 7.90. The molecule has 134 valence electrons. The number of nitrogens with zero attached hydrogens (tertiary/aromatic N) is 1. The van der Waals surface area contributed by atoms with Crippen LogP contribution in [0.4, 0.5) is 0 Å². The molecule has 1 saturated heterocycles. The van der Waals surface area contributed by atoms with Crippen LogP contribution in [0.25, 0.3) is 0 Å². The van der Waals surface area contributed by atoms with Gasteiger partial charge in [0, 0.05) is 19.0 Å². The molecule has 0 atom stereocenters. The fourth-order valence-electron chi connectivity index (χ4n) is 2.61. The van der Waals surface area contributed by atoms with Crippen molar-refractivity contribution in [2.24, 2.45) is 5.92 Å². The number of benzene rings is 1. The van der Waals surface area contributed by atoms with E-state index in [1.54, 1.807) is 7.11 Å². The Bertz CT molecular complexity index is 637. The lowest BCUT2D eigenvalue weighted by Gasteiger charge is -2.29. The van der Waals surface area contributed by atoms with Crippen LogP contribution in [0.1, 0.15) is 12.8 Å². The average Bonchev–Trinajstić information content (AvgIpc) is 2.58. The van der Waals surface area contributed by atoms with E-state index in [1.807, 2.05) is 24.3 Å². The summed E-state index contributed by atoms with van der Waals surface area (Å²) in [5, 5.41) is 2.84. The average molecular weight is 356 g/mol. The first-order chi connectivity index (χ1) is 11.4. The molecule has 0 bridgehead atoms. The highest BCUT2D eigenvalue weighted by molar-refractivity contribution is 7.88. The number of ether oxygens (including phenoxy) is 2. The molecule has 0 aromatic heterocycles. The van der Waals surface area contributed by atoms with Crippen molar-refractivity contribution in [3.8, 4) is 11.5 Å². The predicted molar refractivity (Wildman–Crippen MR) is 90.6 cm³/mol. The third kappa shape index (κ3) is 5.38. The second kappa shape index (κ2) is 8.34. The molecule has 1 aliphatic rings. The summed E-state index contributed by atoms with van der Waals surface area (Å²) in [6.45, 7) is 1.59. The molecule has 1 aromatic carbocycles. The van der Waals surface area contributed by atoms with Gasteiger partial charge in [-0.25, -0.2) is 12.7 Å². The van der Waals surface area contributed by atoms with Crippen molar-refractivity contribution in [1.82, 2.24) is 9.62 Å². The number of methoxy groups -OCH3 is 1. The summed E-state index contributed by atoms with van der Waals surface area (Å²) in [5.74, 6) is 1.30. The van der Waals surface area contributed by atoms with E-state index in [1.165, 1.54) is 10.6 Å². The van der Waals surface area contributed by atoms with Crippen LogP contribution in [0, 0.1) is 5.92 Å². The van der Waals surface area contributed by atoms with E-state index in [4.69, 9.17) is 9.47 Å². The molecule has 1 aromatic rings. The van der Waals surface area contributed by atoms with Gasteiger partial charge in [0.05, 0.1) is 19.9 Å². The van der Waals surface area contributed by atoms with Crippen LogP contribution in [0.15, 0.2) is 24.3 Å². The van der Waals surface area contributed by atoms with Gasteiger partial charge in [-0.3, -0.25) is 4.79 Å². The Labute approximate surface area is 143 Å². The molecule has 0 aliphatic carbocycles. The molecule has 1 heterocycles. The minimum atomic E-state index is -3.16. The molecule has 8 heteroatoms. The smallest absolute Gasteiger partial charge is 0.223 e. The van der Waals surface area contributed by atoms with Crippen LogP contribution in [0.3, 0.4) is 0 Å². The van der Waals surface area contributed by atoms with Gasteiger partial charge in [-0.1, -0.05) is 0 Å². The molecule has 0 unspecified atom stereocenters. The molecule has 1 aliphatic heterocycles. The van der Waals surface area contributed by atoms with Crippen molar-refractivity contribution in [3.63, 3.8) is 0 Å². The Hall–Kier alpha value is -1.80. The molecule has 0 spiro atoms. The number of hydrogen-bond acceptors (Lipinski definition) is 5. The maximum Gasteiger partial charge on any atom is 0.223 e. The number of amides is 1. The van der Waals surface area contributed by atoms with E-state index < -0.39 is 10.0 Å². The van der Waals surface area contributed by atoms with Crippen LogP contribution < -0.4 is 14.8 Å². The summed E-state index contributed by atoms with van der Waals surface area (Å²) in [6, 6.07) is 7.23. The minimum absolute atomic E-state index is 0.0403. The molecule has 1 N–H and O–H groups in total. The largest absolute Gasteiger partial charge is 0.497 e. The van der Waals surface area contributed by atoms with E-state index in [9.17, 15) is 13.2 Å². The van der Waals surface area contributed by atoms with E-state index in [0.29, 0.717) is 44.8 Å². The lowest BCUT2D eigenvalue weighted by Crippen LogP contribution is -2.43. The quantitative estimate of drug-likeness (QED) is 0.733. The Morgan fingerprint density at radius 2 is 1.79 bits per heavy atom. The highest BCUT2D eigenvalue weighted by Crippen LogP contribution is 2.19. The molecular formula is C16H24N2O5S. The zero-order valence-corrected chi connectivity index (χ0v) is 14.8. The predicted octanol–water partition coefficient (Wildman–Crippen LogP) is 0.862. The molecule has 0 radical (unpaired) electrons. The van der Waals surface area contributed by atoms with Crippen molar-refractivity contribution in [3.05, 3.63) is 24.3 Å².